The standard InChI is InChI=1S/C11H20/c1-6-9-7-10(8(2)3)11(9,4)5/h9H,6-7H2,1-5H3/t9-/m0/s1. The number of allylic oxidation sites excluding steroid dienone is 2. The molecule has 0 aliphatic heterocycles. The van der Waals surface area contributed by atoms with Crippen LogP contribution in [0.2, 0.25) is 0 Å². The van der Waals surface area contributed by atoms with Crippen molar-refractivity contribution in [3.8, 4) is 0 Å². The summed E-state index contributed by atoms with van der Waals surface area (Å²) in [5.74, 6) is 0.937. The first kappa shape index (κ1) is 8.83. The van der Waals surface area contributed by atoms with E-state index in [0.29, 0.717) is 5.41 Å². The highest BCUT2D eigenvalue weighted by Gasteiger charge is 2.42. The maximum Gasteiger partial charge on any atom is -0.0111 e. The topological polar surface area (TPSA) is 0 Å². The average Bonchev–Trinajstić information content (AvgIpc) is 1.85. The fraction of sp³-hybridized carbons (Fsp3) is 0.818. The molecule has 0 heterocycles. The van der Waals surface area contributed by atoms with Crippen molar-refractivity contribution in [1.82, 2.24) is 0 Å². The van der Waals surface area contributed by atoms with Crippen LogP contribution in [0.15, 0.2) is 11.1 Å². The van der Waals surface area contributed by atoms with Crippen LogP contribution in [0, 0.1) is 11.3 Å². The second kappa shape index (κ2) is 2.66. The van der Waals surface area contributed by atoms with Gasteiger partial charge in [-0.1, -0.05) is 38.3 Å². The second-order valence-corrected chi connectivity index (χ2v) is 4.51. The van der Waals surface area contributed by atoms with Crippen molar-refractivity contribution in [3.05, 3.63) is 11.1 Å². The van der Waals surface area contributed by atoms with Crippen LogP contribution >= 0.6 is 0 Å². The maximum absolute atomic E-state index is 2.38. The molecular formula is C11H20. The summed E-state index contributed by atoms with van der Waals surface area (Å²) in [6, 6.07) is 0. The summed E-state index contributed by atoms with van der Waals surface area (Å²) in [5, 5.41) is 0. The molecule has 0 saturated heterocycles. The molecule has 0 aromatic rings. The Labute approximate surface area is 70.7 Å². The van der Waals surface area contributed by atoms with Crippen LogP contribution in [0.25, 0.3) is 0 Å². The Bertz CT molecular complexity index is 180. The maximum atomic E-state index is 2.38. The predicted molar refractivity (Wildman–Crippen MR) is 50.6 cm³/mol. The molecule has 1 fully saturated rings. The van der Waals surface area contributed by atoms with Crippen molar-refractivity contribution < 1.29 is 0 Å². The van der Waals surface area contributed by atoms with Crippen molar-refractivity contribution in [2.75, 3.05) is 0 Å². The third kappa shape index (κ3) is 1.23. The molecule has 1 atom stereocenters. The summed E-state index contributed by atoms with van der Waals surface area (Å²) in [7, 11) is 0. The van der Waals surface area contributed by atoms with Crippen LogP contribution in [-0.2, 0) is 0 Å². The monoisotopic (exact) mass is 152 g/mol. The number of hydrogen-bond acceptors (Lipinski definition) is 0. The van der Waals surface area contributed by atoms with E-state index < -0.39 is 0 Å². The molecule has 1 aliphatic rings. The zero-order valence-electron chi connectivity index (χ0n) is 8.49. The summed E-state index contributed by atoms with van der Waals surface area (Å²) in [4.78, 5) is 0. The van der Waals surface area contributed by atoms with E-state index in [2.05, 4.69) is 34.6 Å². The molecule has 1 aliphatic carbocycles. The molecule has 0 N–H and O–H groups in total. The van der Waals surface area contributed by atoms with Gasteiger partial charge >= 0.3 is 0 Å². The SMILES string of the molecule is CC[C@H]1CC(=C(C)C)C1(C)C. The minimum Gasteiger partial charge on any atom is -0.0767 e. The Hall–Kier alpha value is -0.260. The third-order valence-electron chi connectivity index (χ3n) is 3.35. The normalized spacial score (nSPS) is 28.1. The molecule has 0 aromatic heterocycles. The van der Waals surface area contributed by atoms with Crippen LogP contribution in [-0.4, -0.2) is 0 Å². The summed E-state index contributed by atoms with van der Waals surface area (Å²) >= 11 is 0. The highest BCUT2D eigenvalue weighted by Crippen LogP contribution is 2.53. The molecule has 0 unspecified atom stereocenters. The van der Waals surface area contributed by atoms with Gasteiger partial charge in [0.05, 0.1) is 0 Å². The highest BCUT2D eigenvalue weighted by molar-refractivity contribution is 5.27. The van der Waals surface area contributed by atoms with Crippen LogP contribution < -0.4 is 0 Å². The summed E-state index contributed by atoms with van der Waals surface area (Å²) < 4.78 is 0. The summed E-state index contributed by atoms with van der Waals surface area (Å²) in [5.41, 5.74) is 3.75. The Kier molecular flexibility index (Phi) is 2.13. The second-order valence-electron chi connectivity index (χ2n) is 4.51. The lowest BCUT2D eigenvalue weighted by Crippen LogP contribution is -2.37. The zero-order valence-corrected chi connectivity index (χ0v) is 8.49. The third-order valence-corrected chi connectivity index (χ3v) is 3.35. The molecule has 0 amide bonds. The van der Waals surface area contributed by atoms with Crippen LogP contribution in [0.1, 0.15) is 47.5 Å². The lowest BCUT2D eigenvalue weighted by molar-refractivity contribution is 0.158. The quantitative estimate of drug-likeness (QED) is 0.502. The predicted octanol–water partition coefficient (Wildman–Crippen LogP) is 3.78. The summed E-state index contributed by atoms with van der Waals surface area (Å²) in [6.45, 7) is 11.5. The summed E-state index contributed by atoms with van der Waals surface area (Å²) in [6.07, 6.45) is 2.69. The number of rotatable bonds is 1. The van der Waals surface area contributed by atoms with Gasteiger partial charge in [0.15, 0.2) is 0 Å². The molecule has 0 heteroatoms. The van der Waals surface area contributed by atoms with Gasteiger partial charge in [-0.2, -0.15) is 0 Å². The van der Waals surface area contributed by atoms with Gasteiger partial charge in [-0.15, -0.1) is 0 Å². The van der Waals surface area contributed by atoms with Gasteiger partial charge in [0.2, 0.25) is 0 Å². The van der Waals surface area contributed by atoms with Gasteiger partial charge in [0, 0.05) is 0 Å². The largest absolute Gasteiger partial charge is 0.0767 e. The highest BCUT2D eigenvalue weighted by atomic mass is 14.5. The molecule has 0 bridgehead atoms. The van der Waals surface area contributed by atoms with Gasteiger partial charge in [0.25, 0.3) is 0 Å². The van der Waals surface area contributed by atoms with E-state index in [9.17, 15) is 0 Å². The lowest BCUT2D eigenvalue weighted by atomic mass is 9.57. The van der Waals surface area contributed by atoms with E-state index in [0.717, 1.165) is 5.92 Å². The first-order chi connectivity index (χ1) is 5.00. The van der Waals surface area contributed by atoms with E-state index in [-0.39, 0.29) is 0 Å². The molecule has 11 heavy (non-hydrogen) atoms. The molecule has 0 spiro atoms. The van der Waals surface area contributed by atoms with E-state index in [4.69, 9.17) is 0 Å². The van der Waals surface area contributed by atoms with Gasteiger partial charge in [0.1, 0.15) is 0 Å². The fourth-order valence-electron chi connectivity index (χ4n) is 2.38. The molecule has 0 radical (unpaired) electrons. The molecule has 0 nitrogen and oxygen atoms in total. The Morgan fingerprint density at radius 3 is 2.27 bits per heavy atom. The van der Waals surface area contributed by atoms with Gasteiger partial charge < -0.3 is 0 Å². The van der Waals surface area contributed by atoms with Crippen LogP contribution in [0.5, 0.6) is 0 Å². The molecule has 64 valence electrons. The van der Waals surface area contributed by atoms with E-state index >= 15 is 0 Å². The molecule has 0 aromatic carbocycles. The van der Waals surface area contributed by atoms with Gasteiger partial charge in [-0.05, 0) is 31.6 Å². The van der Waals surface area contributed by atoms with E-state index in [1.165, 1.54) is 12.8 Å². The fourth-order valence-corrected chi connectivity index (χ4v) is 2.38. The minimum atomic E-state index is 0.508. The van der Waals surface area contributed by atoms with Crippen molar-refractivity contribution >= 4 is 0 Å². The molecule has 1 rings (SSSR count). The average molecular weight is 152 g/mol. The first-order valence-corrected chi connectivity index (χ1v) is 4.67. The number of hydrogen-bond donors (Lipinski definition) is 0. The van der Waals surface area contributed by atoms with Gasteiger partial charge in [-0.3, -0.25) is 0 Å². The Balaban J connectivity index is 2.77. The molecule has 1 saturated carbocycles. The van der Waals surface area contributed by atoms with Gasteiger partial charge in [-0.25, -0.2) is 0 Å². The van der Waals surface area contributed by atoms with Crippen LogP contribution in [0.4, 0.5) is 0 Å². The van der Waals surface area contributed by atoms with Crippen molar-refractivity contribution in [2.45, 2.75) is 47.5 Å². The van der Waals surface area contributed by atoms with Crippen molar-refractivity contribution in [1.29, 1.82) is 0 Å². The van der Waals surface area contributed by atoms with E-state index in [1.807, 2.05) is 0 Å². The lowest BCUT2D eigenvalue weighted by Gasteiger charge is -2.48. The van der Waals surface area contributed by atoms with Crippen LogP contribution in [0.3, 0.4) is 0 Å². The first-order valence-electron chi connectivity index (χ1n) is 4.67. The smallest absolute Gasteiger partial charge is 0.0111 e. The molecular weight excluding hydrogens is 132 g/mol. The minimum absolute atomic E-state index is 0.508. The van der Waals surface area contributed by atoms with Crippen molar-refractivity contribution in [2.24, 2.45) is 11.3 Å². The Morgan fingerprint density at radius 2 is 2.00 bits per heavy atom. The Morgan fingerprint density at radius 1 is 1.45 bits per heavy atom. The van der Waals surface area contributed by atoms with Crippen molar-refractivity contribution in [3.63, 3.8) is 0 Å². The zero-order chi connectivity index (χ0) is 8.65. The van der Waals surface area contributed by atoms with E-state index in [1.54, 1.807) is 11.1 Å².